The minimum absolute atomic E-state index is 0.389. The summed E-state index contributed by atoms with van der Waals surface area (Å²) in [5.41, 5.74) is 5.75. The highest BCUT2D eigenvalue weighted by atomic mass is 16.5. The Bertz CT molecular complexity index is 1080. The van der Waals surface area contributed by atoms with E-state index in [0.29, 0.717) is 24.0 Å². The van der Waals surface area contributed by atoms with E-state index >= 15 is 0 Å². The molecule has 2 aromatic heterocycles. The number of H-pyrrole nitrogens is 1. The molecule has 4 rings (SSSR count). The van der Waals surface area contributed by atoms with Gasteiger partial charge in [-0.15, -0.1) is 0 Å². The molecule has 6 heteroatoms. The number of aryl methyl sites for hydroxylation is 2. The number of rotatable bonds is 5. The normalized spacial score (nSPS) is 10.9. The number of para-hydroxylation sites is 1. The van der Waals surface area contributed by atoms with Crippen molar-refractivity contribution in [2.75, 3.05) is 6.61 Å². The molecule has 0 fully saturated rings. The molecule has 4 aromatic rings. The van der Waals surface area contributed by atoms with Gasteiger partial charge in [0.1, 0.15) is 11.4 Å². The SMILES string of the molecule is CCOc1ccccc1-c1noc(-c2cc(-c3cc(C)ccc3C)n[nH]2)n1. The maximum Gasteiger partial charge on any atom is 0.276 e. The van der Waals surface area contributed by atoms with Gasteiger partial charge in [-0.2, -0.15) is 10.1 Å². The predicted octanol–water partition coefficient (Wildman–Crippen LogP) is 4.81. The van der Waals surface area contributed by atoms with Crippen molar-refractivity contribution in [3.8, 4) is 40.0 Å². The van der Waals surface area contributed by atoms with Crippen LogP contribution in [0.1, 0.15) is 18.1 Å². The maximum atomic E-state index is 5.65. The lowest BCUT2D eigenvalue weighted by atomic mass is 10.0. The summed E-state index contributed by atoms with van der Waals surface area (Å²) in [7, 11) is 0. The molecule has 2 aromatic carbocycles. The number of nitrogens with zero attached hydrogens (tertiary/aromatic N) is 3. The van der Waals surface area contributed by atoms with E-state index < -0.39 is 0 Å². The van der Waals surface area contributed by atoms with Crippen LogP contribution in [0.4, 0.5) is 0 Å². The topological polar surface area (TPSA) is 76.8 Å². The van der Waals surface area contributed by atoms with Crippen LogP contribution in [0.2, 0.25) is 0 Å². The Hall–Kier alpha value is -3.41. The molecule has 0 aliphatic rings. The molecule has 0 aliphatic carbocycles. The predicted molar refractivity (Wildman–Crippen MR) is 103 cm³/mol. The smallest absolute Gasteiger partial charge is 0.276 e. The van der Waals surface area contributed by atoms with Crippen molar-refractivity contribution in [3.63, 3.8) is 0 Å². The Morgan fingerprint density at radius 1 is 1.04 bits per heavy atom. The van der Waals surface area contributed by atoms with Crippen LogP contribution in [0.15, 0.2) is 53.1 Å². The standard InChI is InChI=1S/C21H20N4O2/c1-4-26-19-8-6-5-7-15(19)20-22-21(27-25-20)18-12-17(23-24-18)16-11-13(2)9-10-14(16)3/h5-12H,4H2,1-3H3,(H,23,24). The van der Waals surface area contributed by atoms with Crippen LogP contribution in [-0.4, -0.2) is 26.9 Å². The number of hydrogen-bond donors (Lipinski definition) is 1. The lowest BCUT2D eigenvalue weighted by Gasteiger charge is -2.05. The number of benzene rings is 2. The summed E-state index contributed by atoms with van der Waals surface area (Å²) in [6.45, 7) is 6.65. The summed E-state index contributed by atoms with van der Waals surface area (Å²) in [5.74, 6) is 1.60. The first-order valence-corrected chi connectivity index (χ1v) is 8.85. The molecule has 0 unspecified atom stereocenters. The molecular weight excluding hydrogens is 340 g/mol. The third kappa shape index (κ3) is 3.33. The number of aromatic nitrogens is 4. The number of ether oxygens (including phenoxy) is 1. The van der Waals surface area contributed by atoms with Crippen molar-refractivity contribution >= 4 is 0 Å². The van der Waals surface area contributed by atoms with Gasteiger partial charge in [-0.1, -0.05) is 35.0 Å². The van der Waals surface area contributed by atoms with E-state index in [1.165, 1.54) is 5.56 Å². The zero-order valence-electron chi connectivity index (χ0n) is 15.5. The van der Waals surface area contributed by atoms with E-state index in [-0.39, 0.29) is 0 Å². The van der Waals surface area contributed by atoms with Gasteiger partial charge >= 0.3 is 0 Å². The lowest BCUT2D eigenvalue weighted by molar-refractivity contribution is 0.341. The second kappa shape index (κ2) is 7.07. The van der Waals surface area contributed by atoms with E-state index in [9.17, 15) is 0 Å². The maximum absolute atomic E-state index is 5.65. The second-order valence-electron chi connectivity index (χ2n) is 6.34. The average molecular weight is 360 g/mol. The third-order valence-electron chi connectivity index (χ3n) is 4.33. The van der Waals surface area contributed by atoms with Crippen molar-refractivity contribution in [2.45, 2.75) is 20.8 Å². The van der Waals surface area contributed by atoms with E-state index in [1.54, 1.807) is 0 Å². The Morgan fingerprint density at radius 2 is 1.89 bits per heavy atom. The largest absolute Gasteiger partial charge is 0.493 e. The van der Waals surface area contributed by atoms with Gasteiger partial charge in [-0.25, -0.2) is 0 Å². The summed E-state index contributed by atoms with van der Waals surface area (Å²) in [5, 5.41) is 11.5. The van der Waals surface area contributed by atoms with Crippen molar-refractivity contribution in [1.29, 1.82) is 0 Å². The molecule has 0 bridgehead atoms. The molecule has 136 valence electrons. The highest BCUT2D eigenvalue weighted by Crippen LogP contribution is 2.30. The first kappa shape index (κ1) is 17.0. The quantitative estimate of drug-likeness (QED) is 0.553. The zero-order chi connectivity index (χ0) is 18.8. The second-order valence-corrected chi connectivity index (χ2v) is 6.34. The van der Waals surface area contributed by atoms with Crippen molar-refractivity contribution in [3.05, 3.63) is 59.7 Å². The Labute approximate surface area is 157 Å². The average Bonchev–Trinajstić information content (AvgIpc) is 3.34. The van der Waals surface area contributed by atoms with Gasteiger partial charge in [0, 0.05) is 5.56 Å². The Morgan fingerprint density at radius 3 is 2.74 bits per heavy atom. The van der Waals surface area contributed by atoms with Crippen LogP contribution in [-0.2, 0) is 0 Å². The summed E-state index contributed by atoms with van der Waals surface area (Å²) < 4.78 is 11.1. The number of nitrogens with one attached hydrogen (secondary N) is 1. The molecule has 0 atom stereocenters. The van der Waals surface area contributed by atoms with Crippen LogP contribution in [0, 0.1) is 13.8 Å². The first-order chi connectivity index (χ1) is 13.2. The van der Waals surface area contributed by atoms with Gasteiger partial charge in [0.15, 0.2) is 0 Å². The van der Waals surface area contributed by atoms with Crippen LogP contribution in [0.3, 0.4) is 0 Å². The molecule has 2 heterocycles. The minimum Gasteiger partial charge on any atom is -0.493 e. The van der Waals surface area contributed by atoms with E-state index in [2.05, 4.69) is 52.4 Å². The molecule has 0 saturated carbocycles. The van der Waals surface area contributed by atoms with Crippen molar-refractivity contribution < 1.29 is 9.26 Å². The molecule has 0 amide bonds. The fourth-order valence-corrected chi connectivity index (χ4v) is 2.96. The molecule has 0 saturated heterocycles. The summed E-state index contributed by atoms with van der Waals surface area (Å²) in [6.07, 6.45) is 0. The van der Waals surface area contributed by atoms with Crippen LogP contribution in [0.25, 0.3) is 34.2 Å². The molecular formula is C21H20N4O2. The lowest BCUT2D eigenvalue weighted by Crippen LogP contribution is -1.94. The molecule has 0 radical (unpaired) electrons. The van der Waals surface area contributed by atoms with Crippen LogP contribution in [0.5, 0.6) is 5.75 Å². The van der Waals surface area contributed by atoms with E-state index in [0.717, 1.165) is 28.1 Å². The van der Waals surface area contributed by atoms with E-state index in [4.69, 9.17) is 9.26 Å². The van der Waals surface area contributed by atoms with Crippen LogP contribution < -0.4 is 4.74 Å². The fourth-order valence-electron chi connectivity index (χ4n) is 2.96. The summed E-state index contributed by atoms with van der Waals surface area (Å²) in [6, 6.07) is 15.9. The van der Waals surface area contributed by atoms with Gasteiger partial charge in [0.05, 0.1) is 17.9 Å². The van der Waals surface area contributed by atoms with Gasteiger partial charge in [0.25, 0.3) is 5.89 Å². The Kier molecular flexibility index (Phi) is 4.46. The number of aromatic amines is 1. The van der Waals surface area contributed by atoms with Gasteiger partial charge in [0.2, 0.25) is 5.82 Å². The zero-order valence-corrected chi connectivity index (χ0v) is 15.5. The molecule has 1 N–H and O–H groups in total. The highest BCUT2D eigenvalue weighted by molar-refractivity contribution is 5.69. The molecule has 27 heavy (non-hydrogen) atoms. The van der Waals surface area contributed by atoms with Gasteiger partial charge in [-0.3, -0.25) is 5.10 Å². The number of hydrogen-bond acceptors (Lipinski definition) is 5. The third-order valence-corrected chi connectivity index (χ3v) is 4.33. The Balaban J connectivity index is 1.67. The minimum atomic E-state index is 0.389. The summed E-state index contributed by atoms with van der Waals surface area (Å²) in [4.78, 5) is 4.51. The van der Waals surface area contributed by atoms with Crippen molar-refractivity contribution in [2.24, 2.45) is 0 Å². The molecule has 0 spiro atoms. The van der Waals surface area contributed by atoms with Gasteiger partial charge in [-0.05, 0) is 50.6 Å². The first-order valence-electron chi connectivity index (χ1n) is 8.85. The monoisotopic (exact) mass is 360 g/mol. The van der Waals surface area contributed by atoms with Gasteiger partial charge < -0.3 is 9.26 Å². The molecule has 0 aliphatic heterocycles. The van der Waals surface area contributed by atoms with E-state index in [1.807, 2.05) is 37.3 Å². The highest BCUT2D eigenvalue weighted by Gasteiger charge is 2.17. The fraction of sp³-hybridized carbons (Fsp3) is 0.190. The summed E-state index contributed by atoms with van der Waals surface area (Å²) >= 11 is 0. The van der Waals surface area contributed by atoms with Crippen LogP contribution >= 0.6 is 0 Å². The van der Waals surface area contributed by atoms with Crippen molar-refractivity contribution in [1.82, 2.24) is 20.3 Å². The molecule has 6 nitrogen and oxygen atoms in total.